The third-order valence-corrected chi connectivity index (χ3v) is 7.66. The largest absolute Gasteiger partial charge is 0.459 e. The molecule has 2 aromatic heterocycles. The van der Waals surface area contributed by atoms with E-state index in [-0.39, 0.29) is 12.6 Å². The molecule has 0 bridgehead atoms. The molecule has 0 saturated carbocycles. The lowest BCUT2D eigenvalue weighted by molar-refractivity contribution is 0.149. The third-order valence-electron chi connectivity index (χ3n) is 5.96. The minimum atomic E-state index is -0.244. The van der Waals surface area contributed by atoms with E-state index in [9.17, 15) is 4.79 Å². The molecule has 4 rings (SSSR count). The fourth-order valence-corrected chi connectivity index (χ4v) is 5.59. The predicted octanol–water partition coefficient (Wildman–Crippen LogP) is 7.89. The summed E-state index contributed by atoms with van der Waals surface area (Å²) in [6, 6.07) is 15.5. The second kappa shape index (κ2) is 12.3. The van der Waals surface area contributed by atoms with Crippen LogP contribution in [0.2, 0.25) is 5.02 Å². The molecule has 0 fully saturated rings. The summed E-state index contributed by atoms with van der Waals surface area (Å²) in [6.45, 7) is 5.06. The van der Waals surface area contributed by atoms with Gasteiger partial charge in [0.25, 0.3) is 0 Å². The van der Waals surface area contributed by atoms with E-state index in [1.165, 1.54) is 11.8 Å². The van der Waals surface area contributed by atoms with Crippen LogP contribution in [-0.4, -0.2) is 48.7 Å². The van der Waals surface area contributed by atoms with Gasteiger partial charge < -0.3 is 19.4 Å². The number of thioether (sulfide) groups is 2. The molecule has 6 nitrogen and oxygen atoms in total. The van der Waals surface area contributed by atoms with Crippen molar-refractivity contribution in [1.29, 1.82) is 0 Å². The van der Waals surface area contributed by atoms with Gasteiger partial charge in [-0.3, -0.25) is 0 Å². The van der Waals surface area contributed by atoms with Crippen LogP contribution in [0.1, 0.15) is 17.0 Å². The first kappa shape index (κ1) is 27.4. The number of carbonyl (C=O) groups is 1. The van der Waals surface area contributed by atoms with Crippen LogP contribution in [0.15, 0.2) is 62.9 Å². The molecule has 37 heavy (non-hydrogen) atoms. The topological polar surface area (TPSA) is 67.6 Å². The lowest BCUT2D eigenvalue weighted by Crippen LogP contribution is -2.37. The van der Waals surface area contributed by atoms with Gasteiger partial charge in [-0.05, 0) is 62.3 Å². The van der Waals surface area contributed by atoms with E-state index in [4.69, 9.17) is 20.8 Å². The van der Waals surface area contributed by atoms with Gasteiger partial charge in [0, 0.05) is 40.2 Å². The van der Waals surface area contributed by atoms with Crippen molar-refractivity contribution in [2.24, 2.45) is 0 Å². The van der Waals surface area contributed by atoms with Crippen molar-refractivity contribution in [3.63, 3.8) is 0 Å². The molecule has 0 spiro atoms. The molecular weight excluding hydrogens is 526 g/mol. The van der Waals surface area contributed by atoms with Crippen LogP contribution in [-0.2, 0) is 11.3 Å². The molecule has 0 unspecified atom stereocenters. The van der Waals surface area contributed by atoms with Gasteiger partial charge in [-0.15, -0.1) is 23.5 Å². The number of fused-ring (bicyclic) bond motifs is 1. The number of anilines is 1. The quantitative estimate of drug-likeness (QED) is 0.212. The summed E-state index contributed by atoms with van der Waals surface area (Å²) in [5, 5.41) is 5.56. The summed E-state index contributed by atoms with van der Waals surface area (Å²) < 4.78 is 11.7. The molecule has 0 aliphatic heterocycles. The SMILES string of the molecule is COCCN(Cc1oc2ccc(C)cc2c1-c1ccc(Cl)cc1)C(=O)Nc1c(SC)cc(C)nc1SC. The summed E-state index contributed by atoms with van der Waals surface area (Å²) >= 11 is 9.26. The van der Waals surface area contributed by atoms with Gasteiger partial charge >= 0.3 is 6.03 Å². The first-order chi connectivity index (χ1) is 17.8. The third kappa shape index (κ3) is 6.26. The number of hydrogen-bond acceptors (Lipinski definition) is 6. The lowest BCUT2D eigenvalue weighted by atomic mass is 10.0. The Morgan fingerprint density at radius 3 is 2.54 bits per heavy atom. The van der Waals surface area contributed by atoms with Crippen molar-refractivity contribution in [2.45, 2.75) is 30.3 Å². The average molecular weight is 556 g/mol. The first-order valence-electron chi connectivity index (χ1n) is 11.8. The van der Waals surface area contributed by atoms with E-state index >= 15 is 0 Å². The molecule has 194 valence electrons. The number of hydrogen-bond donors (Lipinski definition) is 1. The minimum Gasteiger partial charge on any atom is -0.459 e. The maximum Gasteiger partial charge on any atom is 0.322 e. The smallest absolute Gasteiger partial charge is 0.322 e. The Labute approximate surface area is 231 Å². The fourth-order valence-electron chi connectivity index (χ4n) is 4.16. The number of halogens is 1. The van der Waals surface area contributed by atoms with Crippen LogP contribution in [0.5, 0.6) is 0 Å². The highest BCUT2D eigenvalue weighted by Gasteiger charge is 2.23. The standard InChI is InChI=1S/C28H30ClN3O3S2/c1-17-6-11-22-21(14-17)25(19-7-9-20(29)10-8-19)23(35-22)16-32(12-13-34-3)28(33)31-26-24(36-4)15-18(2)30-27(26)37-5/h6-11,14-15H,12-13,16H2,1-5H3,(H,31,33). The van der Waals surface area contributed by atoms with E-state index in [0.29, 0.717) is 23.9 Å². The number of ether oxygens (including phenoxy) is 1. The van der Waals surface area contributed by atoms with E-state index in [0.717, 1.165) is 49.0 Å². The second-order valence-corrected chi connectivity index (χ2v) is 10.7. The second-order valence-electron chi connectivity index (χ2n) is 8.60. The van der Waals surface area contributed by atoms with Crippen molar-refractivity contribution in [3.05, 3.63) is 70.6 Å². The van der Waals surface area contributed by atoms with Gasteiger partial charge in [-0.1, -0.05) is 35.4 Å². The number of aromatic nitrogens is 1. The van der Waals surface area contributed by atoms with Gasteiger partial charge in [0.1, 0.15) is 16.4 Å². The number of carbonyl (C=O) groups excluding carboxylic acids is 1. The number of methoxy groups -OCH3 is 1. The van der Waals surface area contributed by atoms with E-state index in [1.54, 1.807) is 23.8 Å². The van der Waals surface area contributed by atoms with Crippen LogP contribution in [0, 0.1) is 13.8 Å². The van der Waals surface area contributed by atoms with Gasteiger partial charge in [0.05, 0.1) is 18.8 Å². The first-order valence-corrected chi connectivity index (χ1v) is 14.6. The Balaban J connectivity index is 1.74. The van der Waals surface area contributed by atoms with Crippen molar-refractivity contribution < 1.29 is 13.9 Å². The molecule has 0 saturated heterocycles. The van der Waals surface area contributed by atoms with Gasteiger partial charge in [-0.2, -0.15) is 0 Å². The minimum absolute atomic E-state index is 0.244. The highest BCUT2D eigenvalue weighted by atomic mass is 35.5. The monoisotopic (exact) mass is 555 g/mol. The maximum atomic E-state index is 13.7. The molecular formula is C28H30ClN3O3S2. The molecule has 9 heteroatoms. The highest BCUT2D eigenvalue weighted by molar-refractivity contribution is 7.99. The maximum absolute atomic E-state index is 13.7. The lowest BCUT2D eigenvalue weighted by Gasteiger charge is -2.24. The Hall–Kier alpha value is -2.65. The van der Waals surface area contributed by atoms with Gasteiger partial charge in [-0.25, -0.2) is 9.78 Å². The number of furan rings is 1. The number of nitrogens with one attached hydrogen (secondary N) is 1. The van der Waals surface area contributed by atoms with Crippen molar-refractivity contribution in [3.8, 4) is 11.1 Å². The number of aryl methyl sites for hydroxylation is 2. The Morgan fingerprint density at radius 1 is 1.11 bits per heavy atom. The van der Waals surface area contributed by atoms with E-state index < -0.39 is 0 Å². The molecule has 4 aromatic rings. The molecule has 0 aliphatic rings. The summed E-state index contributed by atoms with van der Waals surface area (Å²) in [5.41, 5.74) is 5.47. The van der Waals surface area contributed by atoms with Gasteiger partial charge in [0.2, 0.25) is 0 Å². The average Bonchev–Trinajstić information content (AvgIpc) is 3.24. The number of rotatable bonds is 9. The molecule has 0 radical (unpaired) electrons. The summed E-state index contributed by atoms with van der Waals surface area (Å²) in [4.78, 5) is 21.0. The molecule has 0 atom stereocenters. The van der Waals surface area contributed by atoms with E-state index in [1.807, 2.05) is 61.9 Å². The molecule has 0 aliphatic carbocycles. The van der Waals surface area contributed by atoms with Crippen molar-refractivity contribution in [2.75, 3.05) is 38.1 Å². The Kier molecular flexibility index (Phi) is 9.08. The molecule has 1 N–H and O–H groups in total. The Morgan fingerprint density at radius 2 is 1.86 bits per heavy atom. The predicted molar refractivity (Wildman–Crippen MR) is 155 cm³/mol. The van der Waals surface area contributed by atoms with Crippen LogP contribution in [0.4, 0.5) is 10.5 Å². The number of benzene rings is 2. The van der Waals surface area contributed by atoms with Crippen molar-refractivity contribution in [1.82, 2.24) is 9.88 Å². The van der Waals surface area contributed by atoms with Gasteiger partial charge in [0.15, 0.2) is 0 Å². The summed E-state index contributed by atoms with van der Waals surface area (Å²) in [5.74, 6) is 0.700. The Bertz CT molecular complexity index is 1380. The molecule has 2 aromatic carbocycles. The van der Waals surface area contributed by atoms with Crippen LogP contribution >= 0.6 is 35.1 Å². The number of pyridine rings is 1. The van der Waals surface area contributed by atoms with Crippen LogP contribution in [0.25, 0.3) is 22.1 Å². The van der Waals surface area contributed by atoms with E-state index in [2.05, 4.69) is 23.3 Å². The van der Waals surface area contributed by atoms with Crippen LogP contribution in [0.3, 0.4) is 0 Å². The van der Waals surface area contributed by atoms with Crippen LogP contribution < -0.4 is 5.32 Å². The van der Waals surface area contributed by atoms with Crippen molar-refractivity contribution >= 4 is 57.8 Å². The normalized spacial score (nSPS) is 11.2. The number of amides is 2. The molecule has 2 heterocycles. The summed E-state index contributed by atoms with van der Waals surface area (Å²) in [6.07, 6.45) is 3.95. The highest BCUT2D eigenvalue weighted by Crippen LogP contribution is 2.37. The number of urea groups is 1. The zero-order chi connectivity index (χ0) is 26.5. The zero-order valence-electron chi connectivity index (χ0n) is 21.6. The fraction of sp³-hybridized carbons (Fsp3) is 0.286. The summed E-state index contributed by atoms with van der Waals surface area (Å²) in [7, 11) is 1.63. The zero-order valence-corrected chi connectivity index (χ0v) is 23.9. The molecule has 2 amide bonds. The number of nitrogens with zero attached hydrogens (tertiary/aromatic N) is 2.